The van der Waals surface area contributed by atoms with E-state index in [-0.39, 0.29) is 20.1 Å². The summed E-state index contributed by atoms with van der Waals surface area (Å²) in [7, 11) is 0. The second-order valence-corrected chi connectivity index (χ2v) is 12.4. The number of benzene rings is 5. The van der Waals surface area contributed by atoms with E-state index in [1.165, 1.54) is 25.7 Å². The van der Waals surface area contributed by atoms with E-state index < -0.39 is 0 Å². The van der Waals surface area contributed by atoms with Gasteiger partial charge in [-0.1, -0.05) is 59.5 Å². The number of hydrogen-bond acceptors (Lipinski definition) is 5. The average molecular weight is 801 g/mol. The van der Waals surface area contributed by atoms with Crippen LogP contribution in [0.2, 0.25) is 0 Å². The molecular weight excluding hydrogens is 777 g/mol. The smallest absolute Gasteiger partial charge is 0.151 e. The SMILES string of the molecule is Cc1ccc2c(c1)oc1c(-c3cc4c(cn3)oc3cc5c(cc34)sc3ccccc35)[c-]ccc12.[Ir].[c-]1ccccc1-c1ccccn1. The fraction of sp³-hybridized carbons (Fsp3) is 0.0244. The van der Waals surface area contributed by atoms with Crippen LogP contribution in [0.4, 0.5) is 0 Å². The molecule has 0 saturated carbocycles. The number of pyridine rings is 2. The minimum atomic E-state index is 0. The topological polar surface area (TPSA) is 52.1 Å². The van der Waals surface area contributed by atoms with Gasteiger partial charge in [-0.2, -0.15) is 0 Å². The van der Waals surface area contributed by atoms with Gasteiger partial charge >= 0.3 is 0 Å². The number of aryl methyl sites for hydroxylation is 1. The van der Waals surface area contributed by atoms with Gasteiger partial charge in [-0.05, 0) is 54.2 Å². The molecule has 10 rings (SSSR count). The fourth-order valence-corrected chi connectivity index (χ4v) is 7.28. The standard InChI is InChI=1S/C30H16NO2S.C11H8N.Ir/c1-16-9-10-17-19-6-4-7-20(30(19)33-25(17)11-16)24-12-21-22-14-29-23(13-26(22)32-27(21)15-31-24)18-5-2-3-8-28(18)34-29;1-2-6-10(7-3-1)11-8-4-5-9-12-11;/h2-6,8-15H,1H3;1-6,8-9H;/q2*-1;. The molecule has 4 nitrogen and oxygen atoms in total. The van der Waals surface area contributed by atoms with Crippen molar-refractivity contribution in [3.63, 3.8) is 0 Å². The van der Waals surface area contributed by atoms with Crippen LogP contribution in [-0.2, 0) is 20.1 Å². The van der Waals surface area contributed by atoms with Gasteiger partial charge < -0.3 is 18.8 Å². The molecule has 6 heteroatoms. The molecule has 47 heavy (non-hydrogen) atoms. The Morgan fingerprint density at radius 2 is 1.43 bits per heavy atom. The van der Waals surface area contributed by atoms with Gasteiger partial charge in [-0.25, -0.2) is 0 Å². The van der Waals surface area contributed by atoms with E-state index >= 15 is 0 Å². The summed E-state index contributed by atoms with van der Waals surface area (Å²) in [4.78, 5) is 8.95. The van der Waals surface area contributed by atoms with Crippen LogP contribution >= 0.6 is 11.3 Å². The van der Waals surface area contributed by atoms with Crippen LogP contribution in [0.25, 0.3) is 86.6 Å². The van der Waals surface area contributed by atoms with Gasteiger partial charge in [0.05, 0.1) is 11.8 Å². The van der Waals surface area contributed by atoms with Gasteiger partial charge in [0, 0.05) is 62.6 Å². The zero-order valence-electron chi connectivity index (χ0n) is 25.1. The van der Waals surface area contributed by atoms with Crippen LogP contribution in [-0.4, -0.2) is 9.97 Å². The first-order valence-corrected chi connectivity index (χ1v) is 15.9. The van der Waals surface area contributed by atoms with Crippen molar-refractivity contribution in [1.29, 1.82) is 0 Å². The van der Waals surface area contributed by atoms with Crippen LogP contribution in [0, 0.1) is 19.1 Å². The van der Waals surface area contributed by atoms with Crippen LogP contribution in [0.5, 0.6) is 0 Å². The molecule has 0 saturated heterocycles. The number of aromatic nitrogens is 2. The maximum atomic E-state index is 6.30. The van der Waals surface area contributed by atoms with Crippen molar-refractivity contribution in [2.24, 2.45) is 0 Å². The van der Waals surface area contributed by atoms with Crippen LogP contribution in [0.1, 0.15) is 5.56 Å². The first-order chi connectivity index (χ1) is 22.7. The van der Waals surface area contributed by atoms with Crippen molar-refractivity contribution < 1.29 is 28.9 Å². The summed E-state index contributed by atoms with van der Waals surface area (Å²) in [6, 6.07) is 45.6. The Hall–Kier alpha value is -5.13. The second-order valence-electron chi connectivity index (χ2n) is 11.3. The number of rotatable bonds is 2. The van der Waals surface area contributed by atoms with E-state index in [1.807, 2.05) is 66.1 Å². The summed E-state index contributed by atoms with van der Waals surface area (Å²) in [6.45, 7) is 2.08. The minimum Gasteiger partial charge on any atom is -0.501 e. The normalized spacial score (nSPS) is 11.3. The van der Waals surface area contributed by atoms with Crippen LogP contribution in [0.15, 0.2) is 136 Å². The first-order valence-electron chi connectivity index (χ1n) is 15.1. The third-order valence-electron chi connectivity index (χ3n) is 8.35. The summed E-state index contributed by atoms with van der Waals surface area (Å²) < 4.78 is 15.1. The molecule has 0 N–H and O–H groups in total. The Morgan fingerprint density at radius 3 is 2.30 bits per heavy atom. The summed E-state index contributed by atoms with van der Waals surface area (Å²) in [5.41, 5.74) is 8.25. The number of nitrogens with zero attached hydrogens (tertiary/aromatic N) is 2. The third kappa shape index (κ3) is 5.12. The Labute approximate surface area is 287 Å². The molecular formula is C41H24IrN2O2S-2. The molecule has 227 valence electrons. The van der Waals surface area contributed by atoms with E-state index in [1.54, 1.807) is 6.20 Å². The molecule has 0 amide bonds. The first kappa shape index (κ1) is 29.3. The molecule has 5 aromatic heterocycles. The Kier molecular flexibility index (Phi) is 7.42. The molecule has 1 radical (unpaired) electrons. The van der Waals surface area contributed by atoms with E-state index in [4.69, 9.17) is 13.8 Å². The van der Waals surface area contributed by atoms with E-state index in [0.717, 1.165) is 66.4 Å². The van der Waals surface area contributed by atoms with Gasteiger partial charge in [0.2, 0.25) is 0 Å². The Balaban J connectivity index is 0.000000212. The number of thiophene rings is 1. The largest absolute Gasteiger partial charge is 0.501 e. The minimum absolute atomic E-state index is 0. The zero-order chi connectivity index (χ0) is 30.6. The summed E-state index contributed by atoms with van der Waals surface area (Å²) in [5.74, 6) is 0. The van der Waals surface area contributed by atoms with Gasteiger partial charge in [-0.3, -0.25) is 0 Å². The van der Waals surface area contributed by atoms with E-state index in [2.05, 4.69) is 90.8 Å². The van der Waals surface area contributed by atoms with Gasteiger partial charge in [0.1, 0.15) is 11.2 Å². The maximum absolute atomic E-state index is 6.30. The van der Waals surface area contributed by atoms with Crippen molar-refractivity contribution in [3.05, 3.63) is 145 Å². The van der Waals surface area contributed by atoms with Crippen LogP contribution < -0.4 is 0 Å². The van der Waals surface area contributed by atoms with Gasteiger partial charge in [0.15, 0.2) is 5.58 Å². The number of hydrogen-bond donors (Lipinski definition) is 0. The second kappa shape index (κ2) is 11.9. The molecule has 0 atom stereocenters. The summed E-state index contributed by atoms with van der Waals surface area (Å²) in [6.07, 6.45) is 3.60. The molecule has 0 aliphatic carbocycles. The predicted molar refractivity (Wildman–Crippen MR) is 189 cm³/mol. The molecule has 0 aliphatic heterocycles. The van der Waals surface area contributed by atoms with E-state index in [9.17, 15) is 0 Å². The Bertz CT molecular complexity index is 2670. The van der Waals surface area contributed by atoms with Crippen molar-refractivity contribution in [2.45, 2.75) is 6.92 Å². The molecule has 0 aliphatic rings. The summed E-state index contributed by atoms with van der Waals surface area (Å²) >= 11 is 1.82. The van der Waals surface area contributed by atoms with Crippen molar-refractivity contribution >= 4 is 75.4 Å². The third-order valence-corrected chi connectivity index (χ3v) is 9.48. The fourth-order valence-electron chi connectivity index (χ4n) is 6.15. The average Bonchev–Trinajstić information content (AvgIpc) is 3.78. The zero-order valence-corrected chi connectivity index (χ0v) is 28.3. The number of fused-ring (bicyclic) bond motifs is 9. The van der Waals surface area contributed by atoms with Crippen LogP contribution in [0.3, 0.4) is 0 Å². The molecule has 0 unspecified atom stereocenters. The molecule has 0 spiro atoms. The predicted octanol–water partition coefficient (Wildman–Crippen LogP) is 11.6. The van der Waals surface area contributed by atoms with Gasteiger partial charge in [-0.15, -0.1) is 65.4 Å². The monoisotopic (exact) mass is 801 g/mol. The molecule has 0 bridgehead atoms. The van der Waals surface area contributed by atoms with Crippen molar-refractivity contribution in [1.82, 2.24) is 9.97 Å². The van der Waals surface area contributed by atoms with Crippen molar-refractivity contribution in [2.75, 3.05) is 0 Å². The number of furan rings is 2. The molecule has 0 fully saturated rings. The summed E-state index contributed by atoms with van der Waals surface area (Å²) in [5, 5.41) is 6.84. The quantitative estimate of drug-likeness (QED) is 0.163. The Morgan fingerprint density at radius 1 is 0.574 bits per heavy atom. The molecule has 5 aromatic carbocycles. The van der Waals surface area contributed by atoms with Gasteiger partial charge in [0.25, 0.3) is 0 Å². The van der Waals surface area contributed by atoms with Crippen molar-refractivity contribution in [3.8, 4) is 22.5 Å². The maximum Gasteiger partial charge on any atom is 0.151 e. The molecule has 10 aromatic rings. The van der Waals surface area contributed by atoms with E-state index in [0.29, 0.717) is 0 Å². The molecule has 5 heterocycles.